The van der Waals surface area contributed by atoms with E-state index >= 15 is 0 Å². The topological polar surface area (TPSA) is 82.2 Å². The molecule has 130 valence electrons. The summed E-state index contributed by atoms with van der Waals surface area (Å²) in [6.45, 7) is 6.99. The van der Waals surface area contributed by atoms with Crippen molar-refractivity contribution in [3.8, 4) is 0 Å². The summed E-state index contributed by atoms with van der Waals surface area (Å²) in [5.74, 6) is 1.65. The van der Waals surface area contributed by atoms with Crippen LogP contribution < -0.4 is 0 Å². The number of H-pyrrole nitrogens is 1. The van der Waals surface area contributed by atoms with Crippen molar-refractivity contribution < 1.29 is 8.42 Å². The Kier molecular flexibility index (Phi) is 4.98. The lowest BCUT2D eigenvalue weighted by Gasteiger charge is -2.33. The van der Waals surface area contributed by atoms with E-state index in [1.807, 2.05) is 26.0 Å². The minimum atomic E-state index is -3.40. The normalized spacial score (nSPS) is 17.2. The quantitative estimate of drug-likeness (QED) is 0.876. The van der Waals surface area contributed by atoms with Crippen LogP contribution in [0, 0.1) is 6.92 Å². The number of piperazine rings is 1. The van der Waals surface area contributed by atoms with E-state index in [1.54, 1.807) is 16.4 Å². The van der Waals surface area contributed by atoms with Crippen molar-refractivity contribution >= 4 is 10.0 Å². The van der Waals surface area contributed by atoms with Crippen molar-refractivity contribution in [2.24, 2.45) is 0 Å². The number of aromatic nitrogens is 3. The van der Waals surface area contributed by atoms with Crippen LogP contribution in [0.5, 0.6) is 0 Å². The summed E-state index contributed by atoms with van der Waals surface area (Å²) in [6.07, 6.45) is 0.805. The number of aryl methyl sites for hydroxylation is 2. The van der Waals surface area contributed by atoms with Crippen LogP contribution in [-0.2, 0) is 23.0 Å². The number of nitrogens with zero attached hydrogens (tertiary/aromatic N) is 4. The van der Waals surface area contributed by atoms with Gasteiger partial charge in [0, 0.05) is 32.6 Å². The van der Waals surface area contributed by atoms with Crippen LogP contribution in [0.25, 0.3) is 0 Å². The van der Waals surface area contributed by atoms with E-state index in [0.717, 1.165) is 23.6 Å². The van der Waals surface area contributed by atoms with Gasteiger partial charge in [0.15, 0.2) is 0 Å². The van der Waals surface area contributed by atoms with Crippen molar-refractivity contribution in [2.75, 3.05) is 26.2 Å². The Labute approximate surface area is 142 Å². The predicted molar refractivity (Wildman–Crippen MR) is 91.0 cm³/mol. The molecule has 2 heterocycles. The van der Waals surface area contributed by atoms with Gasteiger partial charge in [-0.05, 0) is 19.1 Å². The zero-order valence-electron chi connectivity index (χ0n) is 14.1. The van der Waals surface area contributed by atoms with Crippen molar-refractivity contribution in [2.45, 2.75) is 31.7 Å². The van der Waals surface area contributed by atoms with E-state index in [2.05, 4.69) is 20.1 Å². The van der Waals surface area contributed by atoms with E-state index in [9.17, 15) is 8.42 Å². The molecule has 0 spiro atoms. The summed E-state index contributed by atoms with van der Waals surface area (Å²) in [7, 11) is -3.40. The van der Waals surface area contributed by atoms with E-state index in [4.69, 9.17) is 0 Å². The molecule has 0 radical (unpaired) electrons. The second kappa shape index (κ2) is 7.00. The zero-order chi connectivity index (χ0) is 17.2. The molecule has 1 aromatic carbocycles. The fraction of sp³-hybridized carbons (Fsp3) is 0.500. The Morgan fingerprint density at radius 3 is 2.38 bits per heavy atom. The third-order valence-electron chi connectivity index (χ3n) is 4.26. The van der Waals surface area contributed by atoms with Gasteiger partial charge < -0.3 is 0 Å². The maximum absolute atomic E-state index is 12.7. The lowest BCUT2D eigenvalue weighted by molar-refractivity contribution is 0.178. The molecule has 3 rings (SSSR count). The molecule has 1 saturated heterocycles. The van der Waals surface area contributed by atoms with Gasteiger partial charge in [-0.15, -0.1) is 0 Å². The van der Waals surface area contributed by atoms with Gasteiger partial charge in [-0.2, -0.15) is 9.40 Å². The minimum absolute atomic E-state index is 0.365. The molecule has 0 amide bonds. The molecular formula is C16H23N5O2S. The molecule has 0 aliphatic carbocycles. The highest BCUT2D eigenvalue weighted by atomic mass is 32.2. The molecule has 2 aromatic rings. The Morgan fingerprint density at radius 2 is 1.79 bits per heavy atom. The summed E-state index contributed by atoms with van der Waals surface area (Å²) >= 11 is 0. The number of benzene rings is 1. The third kappa shape index (κ3) is 3.66. The highest BCUT2D eigenvalue weighted by molar-refractivity contribution is 7.89. The highest BCUT2D eigenvalue weighted by Gasteiger charge is 2.28. The number of nitrogens with one attached hydrogen (secondary N) is 1. The van der Waals surface area contributed by atoms with Crippen LogP contribution in [0.15, 0.2) is 29.2 Å². The average molecular weight is 349 g/mol. The molecule has 8 heteroatoms. The third-order valence-corrected chi connectivity index (χ3v) is 6.17. The number of sulfonamides is 1. The summed E-state index contributed by atoms with van der Waals surface area (Å²) in [5, 5.41) is 7.07. The number of aromatic amines is 1. The Hall–Kier alpha value is -1.77. The van der Waals surface area contributed by atoms with Gasteiger partial charge in [0.1, 0.15) is 11.6 Å². The molecule has 1 aliphatic heterocycles. The number of rotatable bonds is 5. The molecule has 0 saturated carbocycles. The SMILES string of the molecule is CCc1n[nH]c(CN2CCN(S(=O)(=O)c3ccc(C)cc3)CC2)n1. The minimum Gasteiger partial charge on any atom is -0.293 e. The molecule has 0 atom stereocenters. The summed E-state index contributed by atoms with van der Waals surface area (Å²) in [5.41, 5.74) is 1.05. The van der Waals surface area contributed by atoms with Gasteiger partial charge >= 0.3 is 0 Å². The monoisotopic (exact) mass is 349 g/mol. The second-order valence-corrected chi connectivity index (χ2v) is 7.98. The molecule has 7 nitrogen and oxygen atoms in total. The second-order valence-electron chi connectivity index (χ2n) is 6.05. The van der Waals surface area contributed by atoms with Gasteiger partial charge in [-0.25, -0.2) is 13.4 Å². The summed E-state index contributed by atoms with van der Waals surface area (Å²) < 4.78 is 26.9. The zero-order valence-corrected chi connectivity index (χ0v) is 14.9. The standard InChI is InChI=1S/C16H23N5O2S/c1-3-15-17-16(19-18-15)12-20-8-10-21(11-9-20)24(22,23)14-6-4-13(2)5-7-14/h4-7H,3,8-12H2,1-2H3,(H,17,18,19). The molecule has 1 aromatic heterocycles. The van der Waals surface area contributed by atoms with Crippen molar-refractivity contribution in [3.05, 3.63) is 41.5 Å². The van der Waals surface area contributed by atoms with Crippen LogP contribution in [0.2, 0.25) is 0 Å². The Balaban J connectivity index is 1.60. The highest BCUT2D eigenvalue weighted by Crippen LogP contribution is 2.18. The first kappa shape index (κ1) is 17.1. The Morgan fingerprint density at radius 1 is 1.12 bits per heavy atom. The molecule has 0 bridgehead atoms. The number of hydrogen-bond acceptors (Lipinski definition) is 5. The maximum Gasteiger partial charge on any atom is 0.243 e. The van der Waals surface area contributed by atoms with Crippen molar-refractivity contribution in [1.82, 2.24) is 24.4 Å². The Bertz CT molecular complexity index is 777. The fourth-order valence-corrected chi connectivity index (χ4v) is 4.18. The molecule has 1 N–H and O–H groups in total. The van der Waals surface area contributed by atoms with Crippen LogP contribution >= 0.6 is 0 Å². The van der Waals surface area contributed by atoms with E-state index in [-0.39, 0.29) is 0 Å². The lowest BCUT2D eigenvalue weighted by atomic mass is 10.2. The maximum atomic E-state index is 12.7. The van der Waals surface area contributed by atoms with Crippen LogP contribution in [0.3, 0.4) is 0 Å². The summed E-state index contributed by atoms with van der Waals surface area (Å²) in [4.78, 5) is 6.97. The van der Waals surface area contributed by atoms with Gasteiger partial charge in [-0.3, -0.25) is 10.00 Å². The van der Waals surface area contributed by atoms with Crippen LogP contribution in [0.1, 0.15) is 24.1 Å². The largest absolute Gasteiger partial charge is 0.293 e. The van der Waals surface area contributed by atoms with Gasteiger partial charge in [0.2, 0.25) is 10.0 Å². The van der Waals surface area contributed by atoms with Gasteiger partial charge in [0.05, 0.1) is 11.4 Å². The van der Waals surface area contributed by atoms with Crippen molar-refractivity contribution in [3.63, 3.8) is 0 Å². The van der Waals surface area contributed by atoms with E-state index in [1.165, 1.54) is 0 Å². The first-order valence-electron chi connectivity index (χ1n) is 8.18. The summed E-state index contributed by atoms with van der Waals surface area (Å²) in [6, 6.07) is 7.02. The molecule has 1 fully saturated rings. The molecule has 0 unspecified atom stereocenters. The molecule has 24 heavy (non-hydrogen) atoms. The van der Waals surface area contributed by atoms with Gasteiger partial charge in [-0.1, -0.05) is 24.6 Å². The van der Waals surface area contributed by atoms with Crippen LogP contribution in [-0.4, -0.2) is 59.0 Å². The first-order valence-corrected chi connectivity index (χ1v) is 9.62. The molecular weight excluding hydrogens is 326 g/mol. The molecule has 1 aliphatic rings. The van der Waals surface area contributed by atoms with Crippen LogP contribution in [0.4, 0.5) is 0 Å². The van der Waals surface area contributed by atoms with E-state index in [0.29, 0.717) is 37.6 Å². The van der Waals surface area contributed by atoms with E-state index < -0.39 is 10.0 Å². The van der Waals surface area contributed by atoms with Crippen molar-refractivity contribution in [1.29, 1.82) is 0 Å². The lowest BCUT2D eigenvalue weighted by Crippen LogP contribution is -2.48. The average Bonchev–Trinajstić information content (AvgIpc) is 3.03. The van der Waals surface area contributed by atoms with Gasteiger partial charge in [0.25, 0.3) is 0 Å². The predicted octanol–water partition coefficient (Wildman–Crippen LogP) is 1.18. The smallest absolute Gasteiger partial charge is 0.243 e. The fourth-order valence-electron chi connectivity index (χ4n) is 2.76. The first-order chi connectivity index (χ1) is 11.5. The number of hydrogen-bond donors (Lipinski definition) is 1.